The Kier molecular flexibility index (Phi) is 8.46. The first-order valence-corrected chi connectivity index (χ1v) is 10.2. The van der Waals surface area contributed by atoms with Crippen LogP contribution in [0.25, 0.3) is 0 Å². The molecule has 1 unspecified atom stereocenters. The number of ether oxygens (including phenoxy) is 1. The summed E-state index contributed by atoms with van der Waals surface area (Å²) >= 11 is 0. The first kappa shape index (κ1) is 23.6. The normalized spacial score (nSPS) is 18.5. The van der Waals surface area contributed by atoms with Gasteiger partial charge in [-0.15, -0.1) is 0 Å². The predicted molar refractivity (Wildman–Crippen MR) is 106 cm³/mol. The molecule has 0 radical (unpaired) electrons. The van der Waals surface area contributed by atoms with Gasteiger partial charge in [0, 0.05) is 37.5 Å². The van der Waals surface area contributed by atoms with E-state index in [9.17, 15) is 14.4 Å². The third-order valence-electron chi connectivity index (χ3n) is 5.20. The minimum absolute atomic E-state index is 0.133. The van der Waals surface area contributed by atoms with Gasteiger partial charge in [0.15, 0.2) is 0 Å². The lowest BCUT2D eigenvalue weighted by Crippen LogP contribution is -2.46. The molecule has 0 spiro atoms. The zero-order valence-electron chi connectivity index (χ0n) is 18.2. The SMILES string of the molecule is CCCC(C)(C)OCCC(C)(C)NC(=O)CCN1C(=O)CC(C(C)C)C1=O. The highest BCUT2D eigenvalue weighted by molar-refractivity contribution is 6.03. The second-order valence-electron chi connectivity index (χ2n) is 9.23. The number of hydrogen-bond acceptors (Lipinski definition) is 4. The van der Waals surface area contributed by atoms with Crippen LogP contribution >= 0.6 is 0 Å². The standard InChI is InChI=1S/C21H38N2O4/c1-8-10-21(6,7)27-13-11-20(4,5)22-17(24)9-12-23-18(25)14-16(15(2)3)19(23)26/h15-16H,8-14H2,1-7H3,(H,22,24). The van der Waals surface area contributed by atoms with Crippen LogP contribution in [0.15, 0.2) is 0 Å². The predicted octanol–water partition coefficient (Wildman–Crippen LogP) is 3.29. The number of hydrogen-bond donors (Lipinski definition) is 1. The molecule has 1 N–H and O–H groups in total. The average Bonchev–Trinajstić information content (AvgIpc) is 2.79. The summed E-state index contributed by atoms with van der Waals surface area (Å²) in [6, 6.07) is 0. The largest absolute Gasteiger partial charge is 0.375 e. The van der Waals surface area contributed by atoms with Gasteiger partial charge >= 0.3 is 0 Å². The molecule has 1 fully saturated rings. The van der Waals surface area contributed by atoms with Gasteiger partial charge in [0.05, 0.1) is 5.60 Å². The molecule has 3 amide bonds. The van der Waals surface area contributed by atoms with Crippen LogP contribution in [-0.4, -0.2) is 46.9 Å². The summed E-state index contributed by atoms with van der Waals surface area (Å²) in [6.07, 6.45) is 3.15. The minimum atomic E-state index is -0.404. The van der Waals surface area contributed by atoms with Crippen molar-refractivity contribution in [2.45, 2.75) is 91.7 Å². The molecule has 6 nitrogen and oxygen atoms in total. The Bertz CT molecular complexity index is 540. The van der Waals surface area contributed by atoms with E-state index in [-0.39, 0.29) is 54.5 Å². The van der Waals surface area contributed by atoms with Gasteiger partial charge in [0.25, 0.3) is 0 Å². The van der Waals surface area contributed by atoms with Crippen molar-refractivity contribution in [1.29, 1.82) is 0 Å². The molecule has 1 heterocycles. The van der Waals surface area contributed by atoms with Crippen molar-refractivity contribution >= 4 is 17.7 Å². The first-order valence-electron chi connectivity index (χ1n) is 10.2. The van der Waals surface area contributed by atoms with E-state index in [0.717, 1.165) is 12.8 Å². The third-order valence-corrected chi connectivity index (χ3v) is 5.20. The van der Waals surface area contributed by atoms with Crippen LogP contribution in [0.3, 0.4) is 0 Å². The fourth-order valence-corrected chi connectivity index (χ4v) is 3.44. The topological polar surface area (TPSA) is 75.7 Å². The number of rotatable bonds is 11. The van der Waals surface area contributed by atoms with E-state index >= 15 is 0 Å². The second kappa shape index (κ2) is 9.67. The van der Waals surface area contributed by atoms with E-state index in [0.29, 0.717) is 13.0 Å². The quantitative estimate of drug-likeness (QED) is 0.556. The van der Waals surface area contributed by atoms with Gasteiger partial charge in [0.1, 0.15) is 0 Å². The van der Waals surface area contributed by atoms with Gasteiger partial charge in [-0.05, 0) is 46.5 Å². The van der Waals surface area contributed by atoms with Crippen molar-refractivity contribution in [2.75, 3.05) is 13.2 Å². The highest BCUT2D eigenvalue weighted by Gasteiger charge is 2.39. The van der Waals surface area contributed by atoms with Crippen LogP contribution in [0.4, 0.5) is 0 Å². The smallest absolute Gasteiger partial charge is 0.233 e. The Balaban J connectivity index is 2.42. The van der Waals surface area contributed by atoms with Crippen molar-refractivity contribution in [3.63, 3.8) is 0 Å². The maximum absolute atomic E-state index is 12.3. The van der Waals surface area contributed by atoms with Gasteiger partial charge in [-0.3, -0.25) is 19.3 Å². The van der Waals surface area contributed by atoms with Crippen LogP contribution < -0.4 is 5.32 Å². The molecular formula is C21H38N2O4. The number of imide groups is 1. The monoisotopic (exact) mass is 382 g/mol. The van der Waals surface area contributed by atoms with E-state index in [2.05, 4.69) is 26.1 Å². The van der Waals surface area contributed by atoms with E-state index in [4.69, 9.17) is 4.74 Å². The first-order chi connectivity index (χ1) is 12.4. The molecule has 1 atom stereocenters. The van der Waals surface area contributed by atoms with Gasteiger partial charge in [-0.1, -0.05) is 27.2 Å². The van der Waals surface area contributed by atoms with Gasteiger partial charge in [-0.25, -0.2) is 0 Å². The van der Waals surface area contributed by atoms with Crippen LogP contribution in [0.5, 0.6) is 0 Å². The Morgan fingerprint density at radius 3 is 2.37 bits per heavy atom. The van der Waals surface area contributed by atoms with Crippen molar-refractivity contribution in [3.8, 4) is 0 Å². The molecule has 6 heteroatoms. The Labute approximate surface area is 164 Å². The molecular weight excluding hydrogens is 344 g/mol. The number of amides is 3. The average molecular weight is 383 g/mol. The molecule has 27 heavy (non-hydrogen) atoms. The number of nitrogens with zero attached hydrogens (tertiary/aromatic N) is 1. The summed E-state index contributed by atoms with van der Waals surface area (Å²) < 4.78 is 5.94. The summed E-state index contributed by atoms with van der Waals surface area (Å²) in [6.45, 7) is 14.8. The molecule has 0 aromatic rings. The number of likely N-dealkylation sites (tertiary alicyclic amines) is 1. The van der Waals surface area contributed by atoms with Crippen molar-refractivity contribution in [1.82, 2.24) is 10.2 Å². The van der Waals surface area contributed by atoms with Gasteiger partial charge in [0.2, 0.25) is 17.7 Å². The minimum Gasteiger partial charge on any atom is -0.375 e. The van der Waals surface area contributed by atoms with E-state index < -0.39 is 5.54 Å². The number of carbonyl (C=O) groups is 3. The maximum Gasteiger partial charge on any atom is 0.233 e. The van der Waals surface area contributed by atoms with Gasteiger partial charge < -0.3 is 10.1 Å². The molecule has 1 aliphatic heterocycles. The van der Waals surface area contributed by atoms with E-state index in [1.807, 2.05) is 27.7 Å². The summed E-state index contributed by atoms with van der Waals surface area (Å²) in [5.74, 6) is -0.579. The summed E-state index contributed by atoms with van der Waals surface area (Å²) in [7, 11) is 0. The Hall–Kier alpha value is -1.43. The third kappa shape index (κ3) is 7.60. The maximum atomic E-state index is 12.3. The molecule has 1 aliphatic rings. The summed E-state index contributed by atoms with van der Waals surface area (Å²) in [4.78, 5) is 37.9. The van der Waals surface area contributed by atoms with Gasteiger partial charge in [-0.2, -0.15) is 0 Å². The lowest BCUT2D eigenvalue weighted by atomic mass is 9.94. The van der Waals surface area contributed by atoms with E-state index in [1.54, 1.807) is 0 Å². The lowest BCUT2D eigenvalue weighted by Gasteiger charge is -2.30. The highest BCUT2D eigenvalue weighted by Crippen LogP contribution is 2.26. The molecule has 0 saturated carbocycles. The molecule has 0 aliphatic carbocycles. The summed E-state index contributed by atoms with van der Waals surface area (Å²) in [5.41, 5.74) is -0.558. The Morgan fingerprint density at radius 1 is 1.22 bits per heavy atom. The molecule has 0 aromatic carbocycles. The Morgan fingerprint density at radius 2 is 1.85 bits per heavy atom. The molecule has 0 bridgehead atoms. The molecule has 156 valence electrons. The fourth-order valence-electron chi connectivity index (χ4n) is 3.44. The second-order valence-corrected chi connectivity index (χ2v) is 9.23. The zero-order valence-corrected chi connectivity index (χ0v) is 18.2. The molecule has 1 saturated heterocycles. The molecule has 1 rings (SSSR count). The number of nitrogens with one attached hydrogen (secondary N) is 1. The lowest BCUT2D eigenvalue weighted by molar-refractivity contribution is -0.140. The zero-order chi connectivity index (χ0) is 20.8. The molecule has 0 aromatic heterocycles. The van der Waals surface area contributed by atoms with E-state index in [1.165, 1.54) is 4.90 Å². The summed E-state index contributed by atoms with van der Waals surface area (Å²) in [5, 5.41) is 2.99. The fraction of sp³-hybridized carbons (Fsp3) is 0.857. The van der Waals surface area contributed by atoms with Crippen molar-refractivity contribution < 1.29 is 19.1 Å². The van der Waals surface area contributed by atoms with Crippen LogP contribution in [0, 0.1) is 11.8 Å². The van der Waals surface area contributed by atoms with Crippen LogP contribution in [0.2, 0.25) is 0 Å². The highest BCUT2D eigenvalue weighted by atomic mass is 16.5. The number of carbonyl (C=O) groups excluding carboxylic acids is 3. The van der Waals surface area contributed by atoms with Crippen molar-refractivity contribution in [3.05, 3.63) is 0 Å². The van der Waals surface area contributed by atoms with Crippen LogP contribution in [0.1, 0.15) is 80.6 Å². The van der Waals surface area contributed by atoms with Crippen molar-refractivity contribution in [2.24, 2.45) is 11.8 Å². The van der Waals surface area contributed by atoms with Crippen LogP contribution in [-0.2, 0) is 19.1 Å².